The lowest BCUT2D eigenvalue weighted by atomic mass is 9.82. The van der Waals surface area contributed by atoms with Crippen molar-refractivity contribution < 1.29 is 28.7 Å². The molecule has 1 aliphatic heterocycles. The van der Waals surface area contributed by atoms with Crippen molar-refractivity contribution in [1.29, 1.82) is 0 Å². The largest absolute Gasteiger partial charge is 0.497 e. The summed E-state index contributed by atoms with van der Waals surface area (Å²) >= 11 is 0. The maximum atomic E-state index is 13.0. The van der Waals surface area contributed by atoms with E-state index in [1.807, 2.05) is 6.92 Å². The van der Waals surface area contributed by atoms with Crippen molar-refractivity contribution in [3.63, 3.8) is 0 Å². The molecule has 2 aromatic rings. The highest BCUT2D eigenvalue weighted by Crippen LogP contribution is 2.55. The molecule has 0 aromatic heterocycles. The normalized spacial score (nSPS) is 25.2. The number of methoxy groups -OCH3 is 1. The zero-order valence-corrected chi connectivity index (χ0v) is 18.3. The molecule has 0 N–H and O–H groups in total. The minimum Gasteiger partial charge on any atom is -0.497 e. The van der Waals surface area contributed by atoms with Crippen LogP contribution in [0, 0.1) is 23.7 Å². The van der Waals surface area contributed by atoms with Gasteiger partial charge in [-0.15, -0.1) is 0 Å². The summed E-state index contributed by atoms with van der Waals surface area (Å²) in [5, 5.41) is 0. The molecule has 1 saturated carbocycles. The van der Waals surface area contributed by atoms with Crippen molar-refractivity contribution in [3.8, 4) is 5.75 Å². The Morgan fingerprint density at radius 2 is 1.58 bits per heavy atom. The van der Waals surface area contributed by atoms with E-state index in [1.54, 1.807) is 36.4 Å². The number of ketones is 1. The average Bonchev–Trinajstić information content (AvgIpc) is 3.47. The van der Waals surface area contributed by atoms with Crippen molar-refractivity contribution in [3.05, 3.63) is 71.3 Å². The molecule has 0 spiro atoms. The Morgan fingerprint density at radius 1 is 0.939 bits per heavy atom. The number of allylic oxidation sites excluding steroid dienone is 2. The second kappa shape index (κ2) is 7.99. The quantitative estimate of drug-likeness (QED) is 0.293. The fourth-order valence-electron chi connectivity index (χ4n) is 5.35. The van der Waals surface area contributed by atoms with E-state index in [9.17, 15) is 19.2 Å². The van der Waals surface area contributed by atoms with Crippen LogP contribution < -0.4 is 9.64 Å². The van der Waals surface area contributed by atoms with Gasteiger partial charge in [-0.2, -0.15) is 0 Å². The van der Waals surface area contributed by atoms with E-state index in [1.165, 1.54) is 29.7 Å². The summed E-state index contributed by atoms with van der Waals surface area (Å²) < 4.78 is 10.2. The first-order valence-electron chi connectivity index (χ1n) is 10.9. The fourth-order valence-corrected chi connectivity index (χ4v) is 5.35. The summed E-state index contributed by atoms with van der Waals surface area (Å²) in [6, 6.07) is 12.7. The number of ether oxygens (including phenoxy) is 2. The number of amides is 2. The van der Waals surface area contributed by atoms with Gasteiger partial charge in [0.2, 0.25) is 11.8 Å². The summed E-state index contributed by atoms with van der Waals surface area (Å²) in [5.74, 6) is -0.953. The monoisotopic (exact) mass is 445 g/mol. The number of carbonyl (C=O) groups is 4. The molecule has 2 amide bonds. The van der Waals surface area contributed by atoms with Gasteiger partial charge >= 0.3 is 5.97 Å². The van der Waals surface area contributed by atoms with Gasteiger partial charge in [-0.25, -0.2) is 4.79 Å². The van der Waals surface area contributed by atoms with Gasteiger partial charge < -0.3 is 9.47 Å². The van der Waals surface area contributed by atoms with E-state index >= 15 is 0 Å². The predicted octanol–water partition coefficient (Wildman–Crippen LogP) is 3.44. The first-order valence-corrected chi connectivity index (χ1v) is 10.9. The lowest BCUT2D eigenvalue weighted by Gasteiger charge is -2.19. The fraction of sp³-hybridized carbons (Fsp3) is 0.308. The van der Waals surface area contributed by atoms with Crippen LogP contribution >= 0.6 is 0 Å². The van der Waals surface area contributed by atoms with Crippen LogP contribution in [0.25, 0.3) is 0 Å². The zero-order chi connectivity index (χ0) is 23.3. The Labute approximate surface area is 191 Å². The summed E-state index contributed by atoms with van der Waals surface area (Å²) in [6.45, 7) is 1.63. The maximum absolute atomic E-state index is 13.0. The topological polar surface area (TPSA) is 90.0 Å². The van der Waals surface area contributed by atoms with Gasteiger partial charge in [0.15, 0.2) is 12.4 Å². The van der Waals surface area contributed by atoms with Gasteiger partial charge in [0.05, 0.1) is 30.2 Å². The molecule has 168 valence electrons. The number of Topliss-reactive ketones (excluding diaryl/α,β-unsaturated/α-hetero) is 1. The van der Waals surface area contributed by atoms with Crippen LogP contribution in [0.15, 0.2) is 60.2 Å². The van der Waals surface area contributed by atoms with Gasteiger partial charge in [-0.3, -0.25) is 19.3 Å². The second-order valence-electron chi connectivity index (χ2n) is 8.75. The van der Waals surface area contributed by atoms with Crippen LogP contribution in [0.5, 0.6) is 5.75 Å². The first-order chi connectivity index (χ1) is 15.9. The molecule has 3 aliphatic rings. The SMILES string of the molecule is COc1ccc(C(=O)COC(=O)c2ccc(N3C(=O)[C@@H]4[C@@H](C3=O)[C@H]3C=C(C)[C@H]4C3)cc2)cc1. The second-order valence-corrected chi connectivity index (χ2v) is 8.75. The van der Waals surface area contributed by atoms with Crippen molar-refractivity contribution >= 4 is 29.3 Å². The van der Waals surface area contributed by atoms with Crippen molar-refractivity contribution in [2.45, 2.75) is 13.3 Å². The smallest absolute Gasteiger partial charge is 0.338 e. The highest BCUT2D eigenvalue weighted by molar-refractivity contribution is 6.23. The molecule has 33 heavy (non-hydrogen) atoms. The number of hydrogen-bond donors (Lipinski definition) is 0. The van der Waals surface area contributed by atoms with Crippen LogP contribution in [0.2, 0.25) is 0 Å². The number of nitrogens with zero attached hydrogens (tertiary/aromatic N) is 1. The zero-order valence-electron chi connectivity index (χ0n) is 18.3. The van der Waals surface area contributed by atoms with Gasteiger partial charge in [0.1, 0.15) is 5.75 Å². The van der Waals surface area contributed by atoms with E-state index in [2.05, 4.69) is 6.08 Å². The number of carbonyl (C=O) groups excluding carboxylic acids is 4. The van der Waals surface area contributed by atoms with Crippen LogP contribution in [-0.2, 0) is 14.3 Å². The summed E-state index contributed by atoms with van der Waals surface area (Å²) in [4.78, 5) is 51.9. The molecule has 2 aromatic carbocycles. The Balaban J connectivity index is 1.23. The lowest BCUT2D eigenvalue weighted by molar-refractivity contribution is -0.123. The number of hydrogen-bond acceptors (Lipinski definition) is 6. The predicted molar refractivity (Wildman–Crippen MR) is 119 cm³/mol. The van der Waals surface area contributed by atoms with Crippen LogP contribution in [0.3, 0.4) is 0 Å². The van der Waals surface area contributed by atoms with Gasteiger partial charge in [0.25, 0.3) is 0 Å². The minimum absolute atomic E-state index is 0.138. The highest BCUT2D eigenvalue weighted by atomic mass is 16.5. The molecule has 7 heteroatoms. The molecule has 2 aliphatic carbocycles. The highest BCUT2D eigenvalue weighted by Gasteiger charge is 2.60. The Bertz CT molecular complexity index is 1180. The molecular formula is C26H23NO6. The van der Waals surface area contributed by atoms with Crippen molar-refractivity contribution in [2.75, 3.05) is 18.6 Å². The molecular weight excluding hydrogens is 422 g/mol. The Kier molecular flexibility index (Phi) is 5.12. The van der Waals surface area contributed by atoms with E-state index in [0.29, 0.717) is 17.0 Å². The summed E-state index contributed by atoms with van der Waals surface area (Å²) in [6.07, 6.45) is 3.01. The molecule has 7 nitrogen and oxygen atoms in total. The lowest BCUT2D eigenvalue weighted by Crippen LogP contribution is -2.32. The first kappa shape index (κ1) is 21.1. The average molecular weight is 445 g/mol. The number of esters is 1. The number of fused-ring (bicyclic) bond motifs is 5. The van der Waals surface area contributed by atoms with E-state index < -0.39 is 12.6 Å². The molecule has 4 atom stereocenters. The standard InChI is InChI=1S/C26H23NO6/c1-14-11-17-12-20(14)23-22(17)24(29)27(25(23)30)18-7-3-16(4-8-18)26(31)33-13-21(28)15-5-9-19(32-2)10-6-15/h3-11,17,20,22-23H,12-13H2,1-2H3/t17-,20+,22-,23-/m0/s1. The number of anilines is 1. The Morgan fingerprint density at radius 3 is 2.24 bits per heavy atom. The third-order valence-corrected chi connectivity index (χ3v) is 6.99. The van der Waals surface area contributed by atoms with Crippen LogP contribution in [0.4, 0.5) is 5.69 Å². The van der Waals surface area contributed by atoms with E-state index in [-0.39, 0.29) is 46.8 Å². The number of benzene rings is 2. The van der Waals surface area contributed by atoms with Crippen molar-refractivity contribution in [2.24, 2.45) is 23.7 Å². The van der Waals surface area contributed by atoms with Gasteiger partial charge in [0, 0.05) is 5.56 Å². The molecule has 1 heterocycles. The van der Waals surface area contributed by atoms with E-state index in [4.69, 9.17) is 9.47 Å². The van der Waals surface area contributed by atoms with Crippen LogP contribution in [-0.4, -0.2) is 37.3 Å². The molecule has 2 fully saturated rings. The van der Waals surface area contributed by atoms with E-state index in [0.717, 1.165) is 6.42 Å². The molecule has 2 bridgehead atoms. The minimum atomic E-state index is -0.655. The molecule has 0 radical (unpaired) electrons. The molecule has 5 rings (SSSR count). The molecule has 0 unspecified atom stereocenters. The third kappa shape index (κ3) is 3.44. The van der Waals surface area contributed by atoms with Crippen LogP contribution in [0.1, 0.15) is 34.1 Å². The van der Waals surface area contributed by atoms with Gasteiger partial charge in [-0.05, 0) is 73.7 Å². The number of imide groups is 1. The summed E-state index contributed by atoms with van der Waals surface area (Å²) in [5.41, 5.74) is 2.29. The number of rotatable bonds is 6. The van der Waals surface area contributed by atoms with Crippen molar-refractivity contribution in [1.82, 2.24) is 0 Å². The third-order valence-electron chi connectivity index (χ3n) is 6.99. The molecule has 1 saturated heterocycles. The maximum Gasteiger partial charge on any atom is 0.338 e. The Hall–Kier alpha value is -3.74. The summed E-state index contributed by atoms with van der Waals surface area (Å²) in [7, 11) is 1.53. The van der Waals surface area contributed by atoms with Gasteiger partial charge in [-0.1, -0.05) is 11.6 Å².